The van der Waals surface area contributed by atoms with Crippen LogP contribution >= 0.6 is 0 Å². The van der Waals surface area contributed by atoms with Gasteiger partial charge in [-0.25, -0.2) is 5.84 Å². The topological polar surface area (TPSA) is 106 Å². The third-order valence-electron chi connectivity index (χ3n) is 2.72. The molecule has 0 bridgehead atoms. The van der Waals surface area contributed by atoms with Crippen LogP contribution in [-0.2, 0) is 19.2 Å². The molecule has 3 N–H and O–H groups in total. The summed E-state index contributed by atoms with van der Waals surface area (Å²) in [6.07, 6.45) is 5.94. The zero-order valence-electron chi connectivity index (χ0n) is 18.0. The summed E-state index contributed by atoms with van der Waals surface area (Å²) in [5, 5.41) is 0. The zero-order chi connectivity index (χ0) is 21.7. The van der Waals surface area contributed by atoms with Gasteiger partial charge in [-0.05, 0) is 59.6 Å². The first kappa shape index (κ1) is 31.7. The Kier molecular flexibility index (Phi) is 27.9. The van der Waals surface area contributed by atoms with Crippen molar-refractivity contribution in [1.29, 1.82) is 0 Å². The van der Waals surface area contributed by atoms with Crippen LogP contribution in [0.25, 0.3) is 0 Å². The third kappa shape index (κ3) is 49.5. The SMILES string of the molecule is CC(=O)NN.CC/C(C)=C\C(C)=O.CC/C(C)=C\C(C)=O.CCC(C)=O. The second-order valence-corrected chi connectivity index (χ2v) is 5.67. The molecule has 6 heteroatoms. The number of allylic oxidation sites excluding steroid dienone is 4. The Morgan fingerprint density at radius 2 is 0.923 bits per heavy atom. The number of hydrogen-bond donors (Lipinski definition) is 2. The Morgan fingerprint density at radius 1 is 0.692 bits per heavy atom. The van der Waals surface area contributed by atoms with Crippen molar-refractivity contribution < 1.29 is 19.2 Å². The van der Waals surface area contributed by atoms with E-state index in [0.29, 0.717) is 6.42 Å². The molecular weight excluding hydrogens is 332 g/mol. The minimum atomic E-state index is -0.218. The van der Waals surface area contributed by atoms with Gasteiger partial charge in [0.05, 0.1) is 0 Å². The van der Waals surface area contributed by atoms with E-state index in [1.807, 2.05) is 40.0 Å². The number of hydrogen-bond acceptors (Lipinski definition) is 5. The van der Waals surface area contributed by atoms with E-state index < -0.39 is 0 Å². The number of hydrazine groups is 1. The first-order chi connectivity index (χ1) is 11.9. The molecule has 0 saturated carbocycles. The van der Waals surface area contributed by atoms with Crippen LogP contribution in [0, 0.1) is 0 Å². The molecule has 0 fully saturated rings. The van der Waals surface area contributed by atoms with Crippen molar-refractivity contribution >= 4 is 23.3 Å². The molecule has 26 heavy (non-hydrogen) atoms. The zero-order valence-corrected chi connectivity index (χ0v) is 18.0. The van der Waals surface area contributed by atoms with Gasteiger partial charge in [-0.3, -0.25) is 19.8 Å². The predicted molar refractivity (Wildman–Crippen MR) is 108 cm³/mol. The van der Waals surface area contributed by atoms with E-state index in [9.17, 15) is 19.2 Å². The van der Waals surface area contributed by atoms with E-state index in [-0.39, 0.29) is 23.3 Å². The molecule has 0 aliphatic rings. The largest absolute Gasteiger partial charge is 0.300 e. The lowest BCUT2D eigenvalue weighted by Gasteiger charge is -1.88. The molecule has 0 aromatic rings. The van der Waals surface area contributed by atoms with Crippen LogP contribution in [0.2, 0.25) is 0 Å². The van der Waals surface area contributed by atoms with Crippen molar-refractivity contribution in [3.8, 4) is 0 Å². The van der Waals surface area contributed by atoms with Crippen LogP contribution < -0.4 is 11.3 Å². The average molecular weight is 371 g/mol. The fraction of sp³-hybridized carbons (Fsp3) is 0.600. The lowest BCUT2D eigenvalue weighted by atomic mass is 10.2. The summed E-state index contributed by atoms with van der Waals surface area (Å²) in [6.45, 7) is 15.9. The number of carbonyl (C=O) groups is 4. The van der Waals surface area contributed by atoms with E-state index in [2.05, 4.69) is 5.84 Å². The highest BCUT2D eigenvalue weighted by Crippen LogP contribution is 1.96. The normalized spacial score (nSPS) is 9.92. The Morgan fingerprint density at radius 3 is 0.962 bits per heavy atom. The van der Waals surface area contributed by atoms with Gasteiger partial charge in [-0.15, -0.1) is 0 Å². The standard InChI is InChI=1S/2C7H12O.C4H8O.C2H6N2O/c2*1-4-6(2)5-7(3)8;1-3-4(2)5;1-2(5)4-3/h2*5H,4H2,1-3H3;3H2,1-2H3;3H2,1H3,(H,4,5)/b2*6-5-;;. The smallest absolute Gasteiger partial charge is 0.230 e. The van der Waals surface area contributed by atoms with Gasteiger partial charge in [0.1, 0.15) is 5.78 Å². The summed E-state index contributed by atoms with van der Waals surface area (Å²) < 4.78 is 0. The first-order valence-corrected chi connectivity index (χ1v) is 8.69. The Balaban J connectivity index is -0.000000127. The summed E-state index contributed by atoms with van der Waals surface area (Å²) in [5.74, 6) is 4.89. The lowest BCUT2D eigenvalue weighted by molar-refractivity contribution is -0.119. The van der Waals surface area contributed by atoms with Crippen LogP contribution in [0.5, 0.6) is 0 Å². The molecule has 0 aliphatic carbocycles. The number of amides is 1. The van der Waals surface area contributed by atoms with Gasteiger partial charge in [0, 0.05) is 13.3 Å². The molecule has 0 unspecified atom stereocenters. The van der Waals surface area contributed by atoms with Gasteiger partial charge in [0.2, 0.25) is 5.91 Å². The van der Waals surface area contributed by atoms with Crippen LogP contribution in [0.15, 0.2) is 23.3 Å². The van der Waals surface area contributed by atoms with E-state index >= 15 is 0 Å². The van der Waals surface area contributed by atoms with E-state index in [4.69, 9.17) is 0 Å². The summed E-state index contributed by atoms with van der Waals surface area (Å²) in [4.78, 5) is 40.1. The minimum Gasteiger partial charge on any atom is -0.300 e. The molecule has 0 aliphatic heterocycles. The van der Waals surface area contributed by atoms with Crippen LogP contribution in [-0.4, -0.2) is 23.3 Å². The minimum absolute atomic E-state index is 0.143. The van der Waals surface area contributed by atoms with E-state index in [1.54, 1.807) is 32.9 Å². The number of Topliss-reactive ketones (excluding diaryl/α,β-unsaturated/α-hetero) is 1. The Hall–Kier alpha value is -2.08. The highest BCUT2D eigenvalue weighted by atomic mass is 16.2. The molecule has 0 atom stereocenters. The molecule has 0 saturated heterocycles. The molecule has 0 aromatic heterocycles. The monoisotopic (exact) mass is 370 g/mol. The summed E-state index contributed by atoms with van der Waals surface area (Å²) in [6, 6.07) is 0. The maximum absolute atomic E-state index is 10.3. The highest BCUT2D eigenvalue weighted by Gasteiger charge is 1.86. The maximum Gasteiger partial charge on any atom is 0.230 e. The lowest BCUT2D eigenvalue weighted by Crippen LogP contribution is -2.26. The van der Waals surface area contributed by atoms with E-state index in [1.165, 1.54) is 6.92 Å². The summed E-state index contributed by atoms with van der Waals surface area (Å²) >= 11 is 0. The molecule has 0 aromatic carbocycles. The second kappa shape index (κ2) is 22.9. The van der Waals surface area contributed by atoms with E-state index in [0.717, 1.165) is 24.0 Å². The number of ketones is 3. The highest BCUT2D eigenvalue weighted by molar-refractivity contribution is 5.88. The van der Waals surface area contributed by atoms with Gasteiger partial charge in [0.25, 0.3) is 0 Å². The summed E-state index contributed by atoms with van der Waals surface area (Å²) in [5.41, 5.74) is 4.19. The molecule has 152 valence electrons. The average Bonchev–Trinajstić information content (AvgIpc) is 2.54. The van der Waals surface area contributed by atoms with Crippen molar-refractivity contribution in [3.05, 3.63) is 23.3 Å². The van der Waals surface area contributed by atoms with Gasteiger partial charge >= 0.3 is 0 Å². The Bertz CT molecular complexity index is 434. The molecule has 0 heterocycles. The maximum atomic E-state index is 10.3. The van der Waals surface area contributed by atoms with Crippen molar-refractivity contribution in [2.24, 2.45) is 5.84 Å². The van der Waals surface area contributed by atoms with Crippen molar-refractivity contribution in [2.75, 3.05) is 0 Å². The predicted octanol–water partition coefficient (Wildman–Crippen LogP) is 3.85. The number of nitrogens with one attached hydrogen (secondary N) is 1. The van der Waals surface area contributed by atoms with Crippen molar-refractivity contribution in [1.82, 2.24) is 5.43 Å². The van der Waals surface area contributed by atoms with Gasteiger partial charge in [-0.1, -0.05) is 31.9 Å². The number of carbonyl (C=O) groups excluding carboxylic acids is 4. The van der Waals surface area contributed by atoms with Crippen LogP contribution in [0.4, 0.5) is 0 Å². The quantitative estimate of drug-likeness (QED) is 0.331. The molecule has 0 radical (unpaired) electrons. The van der Waals surface area contributed by atoms with Gasteiger partial charge < -0.3 is 4.79 Å². The molecule has 0 rings (SSSR count). The van der Waals surface area contributed by atoms with Gasteiger partial charge in [0.15, 0.2) is 11.6 Å². The summed E-state index contributed by atoms with van der Waals surface area (Å²) in [7, 11) is 0. The molecule has 1 amide bonds. The molecule has 6 nitrogen and oxygen atoms in total. The third-order valence-corrected chi connectivity index (χ3v) is 2.72. The van der Waals surface area contributed by atoms with Crippen LogP contribution in [0.1, 0.15) is 81.6 Å². The number of rotatable bonds is 5. The second-order valence-electron chi connectivity index (χ2n) is 5.67. The Labute approximate surface area is 159 Å². The molecule has 0 spiro atoms. The molecular formula is C20H38N2O4. The first-order valence-electron chi connectivity index (χ1n) is 8.69. The number of nitrogens with two attached hydrogens (primary N) is 1. The van der Waals surface area contributed by atoms with Crippen molar-refractivity contribution in [3.63, 3.8) is 0 Å². The van der Waals surface area contributed by atoms with Crippen molar-refractivity contribution in [2.45, 2.75) is 81.6 Å². The van der Waals surface area contributed by atoms with Gasteiger partial charge in [-0.2, -0.15) is 0 Å². The van der Waals surface area contributed by atoms with Crippen LogP contribution in [0.3, 0.4) is 0 Å². The fourth-order valence-electron chi connectivity index (χ4n) is 0.898. The fourth-order valence-corrected chi connectivity index (χ4v) is 0.898.